The summed E-state index contributed by atoms with van der Waals surface area (Å²) in [6.07, 6.45) is 0. The van der Waals surface area contributed by atoms with E-state index < -0.39 is 5.82 Å². The molecule has 0 radical (unpaired) electrons. The van der Waals surface area contributed by atoms with E-state index in [4.69, 9.17) is 15.1 Å². The van der Waals surface area contributed by atoms with E-state index in [-0.39, 0.29) is 17.9 Å². The SMILES string of the molecule is N#Cc1c(F)cccc1Oc1ccc(CO)cc1Br. The summed E-state index contributed by atoms with van der Waals surface area (Å²) in [5.41, 5.74) is 0.583. The van der Waals surface area contributed by atoms with Crippen LogP contribution >= 0.6 is 15.9 Å². The zero-order chi connectivity index (χ0) is 13.8. The van der Waals surface area contributed by atoms with Gasteiger partial charge in [0.05, 0.1) is 11.1 Å². The van der Waals surface area contributed by atoms with Crippen LogP contribution in [0, 0.1) is 17.1 Å². The Balaban J connectivity index is 2.37. The lowest BCUT2D eigenvalue weighted by molar-refractivity contribution is 0.281. The third kappa shape index (κ3) is 2.92. The van der Waals surface area contributed by atoms with Gasteiger partial charge in [-0.3, -0.25) is 0 Å². The Hall–Kier alpha value is -1.90. The summed E-state index contributed by atoms with van der Waals surface area (Å²) in [5, 5.41) is 17.9. The maximum atomic E-state index is 13.4. The van der Waals surface area contributed by atoms with Gasteiger partial charge >= 0.3 is 0 Å². The average Bonchev–Trinajstić information content (AvgIpc) is 2.41. The van der Waals surface area contributed by atoms with Gasteiger partial charge in [0.2, 0.25) is 0 Å². The fourth-order valence-corrected chi connectivity index (χ4v) is 2.05. The number of aliphatic hydroxyl groups excluding tert-OH is 1. The van der Waals surface area contributed by atoms with Crippen LogP contribution in [0.3, 0.4) is 0 Å². The van der Waals surface area contributed by atoms with Gasteiger partial charge in [-0.1, -0.05) is 12.1 Å². The van der Waals surface area contributed by atoms with Gasteiger partial charge in [0.15, 0.2) is 0 Å². The molecule has 0 aliphatic rings. The second-order valence-corrected chi connectivity index (χ2v) is 4.60. The molecular weight excluding hydrogens is 313 g/mol. The molecule has 2 rings (SSSR count). The molecule has 0 bridgehead atoms. The van der Waals surface area contributed by atoms with Gasteiger partial charge in [-0.15, -0.1) is 0 Å². The number of benzene rings is 2. The fourth-order valence-electron chi connectivity index (χ4n) is 1.54. The van der Waals surface area contributed by atoms with Gasteiger partial charge in [0.25, 0.3) is 0 Å². The van der Waals surface area contributed by atoms with E-state index in [2.05, 4.69) is 15.9 Å². The smallest absolute Gasteiger partial charge is 0.148 e. The molecule has 0 heterocycles. The maximum absolute atomic E-state index is 13.4. The first-order valence-electron chi connectivity index (χ1n) is 5.41. The molecule has 3 nitrogen and oxygen atoms in total. The lowest BCUT2D eigenvalue weighted by Gasteiger charge is -2.10. The monoisotopic (exact) mass is 321 g/mol. The molecule has 0 fully saturated rings. The van der Waals surface area contributed by atoms with Crippen LogP contribution in [0.2, 0.25) is 0 Å². The minimum atomic E-state index is -0.622. The van der Waals surface area contributed by atoms with Gasteiger partial charge in [-0.05, 0) is 45.8 Å². The number of rotatable bonds is 3. The van der Waals surface area contributed by atoms with Crippen molar-refractivity contribution >= 4 is 15.9 Å². The van der Waals surface area contributed by atoms with Crippen molar-refractivity contribution in [2.75, 3.05) is 0 Å². The van der Waals surface area contributed by atoms with Crippen LogP contribution in [0.1, 0.15) is 11.1 Å². The minimum absolute atomic E-state index is 0.0811. The number of nitriles is 1. The predicted octanol–water partition coefficient (Wildman–Crippen LogP) is 3.74. The maximum Gasteiger partial charge on any atom is 0.148 e. The molecule has 2 aromatic rings. The van der Waals surface area contributed by atoms with Crippen molar-refractivity contribution in [3.63, 3.8) is 0 Å². The van der Waals surface area contributed by atoms with Crippen molar-refractivity contribution in [3.05, 3.63) is 57.8 Å². The van der Waals surface area contributed by atoms with E-state index >= 15 is 0 Å². The number of aliphatic hydroxyl groups is 1. The Labute approximate surface area is 118 Å². The first kappa shape index (κ1) is 13.5. The summed E-state index contributed by atoms with van der Waals surface area (Å²) in [7, 11) is 0. The molecule has 0 aliphatic carbocycles. The molecule has 19 heavy (non-hydrogen) atoms. The predicted molar refractivity (Wildman–Crippen MR) is 71.3 cm³/mol. The molecular formula is C14H9BrFNO2. The Morgan fingerprint density at radius 1 is 1.26 bits per heavy atom. The van der Waals surface area contributed by atoms with Crippen molar-refractivity contribution < 1.29 is 14.2 Å². The minimum Gasteiger partial charge on any atom is -0.455 e. The van der Waals surface area contributed by atoms with Crippen molar-refractivity contribution in [3.8, 4) is 17.6 Å². The summed E-state index contributed by atoms with van der Waals surface area (Å²) in [4.78, 5) is 0. The standard InChI is InChI=1S/C14H9BrFNO2/c15-11-6-9(8-18)4-5-14(11)19-13-3-1-2-12(16)10(13)7-17/h1-6,18H,8H2. The molecule has 1 N–H and O–H groups in total. The molecule has 96 valence electrons. The third-order valence-electron chi connectivity index (χ3n) is 2.49. The second kappa shape index (κ2) is 5.83. The largest absolute Gasteiger partial charge is 0.455 e. The van der Waals surface area contributed by atoms with E-state index in [0.29, 0.717) is 10.2 Å². The Morgan fingerprint density at radius 2 is 2.05 bits per heavy atom. The van der Waals surface area contributed by atoms with E-state index in [1.54, 1.807) is 24.3 Å². The Bertz CT molecular complexity index is 652. The molecule has 5 heteroatoms. The number of ether oxygens (including phenoxy) is 1. The third-order valence-corrected chi connectivity index (χ3v) is 3.11. The van der Waals surface area contributed by atoms with Gasteiger partial charge in [-0.2, -0.15) is 5.26 Å². The van der Waals surface area contributed by atoms with Gasteiger partial charge in [0, 0.05) is 0 Å². The van der Waals surface area contributed by atoms with Gasteiger partial charge in [0.1, 0.15) is 28.9 Å². The summed E-state index contributed by atoms with van der Waals surface area (Å²) in [6.45, 7) is -0.0811. The Morgan fingerprint density at radius 3 is 2.68 bits per heavy atom. The van der Waals surface area contributed by atoms with E-state index in [1.165, 1.54) is 18.2 Å². The van der Waals surface area contributed by atoms with E-state index in [0.717, 1.165) is 5.56 Å². The summed E-state index contributed by atoms with van der Waals surface area (Å²) in [5.74, 6) is -0.0256. The fraction of sp³-hybridized carbons (Fsp3) is 0.0714. The molecule has 0 atom stereocenters. The van der Waals surface area contributed by atoms with Crippen LogP contribution in [0.25, 0.3) is 0 Å². The highest BCUT2D eigenvalue weighted by molar-refractivity contribution is 9.10. The molecule has 2 aromatic carbocycles. The molecule has 0 unspecified atom stereocenters. The summed E-state index contributed by atoms with van der Waals surface area (Å²) >= 11 is 3.30. The van der Waals surface area contributed by atoms with Crippen LogP contribution in [-0.2, 0) is 6.61 Å². The summed E-state index contributed by atoms with van der Waals surface area (Å²) in [6, 6.07) is 11.0. The first-order chi connectivity index (χ1) is 9.15. The molecule has 0 saturated heterocycles. The van der Waals surface area contributed by atoms with Crippen molar-refractivity contribution in [2.24, 2.45) is 0 Å². The molecule has 0 aromatic heterocycles. The first-order valence-corrected chi connectivity index (χ1v) is 6.20. The second-order valence-electron chi connectivity index (χ2n) is 3.75. The van der Waals surface area contributed by atoms with Crippen LogP contribution in [0.5, 0.6) is 11.5 Å². The summed E-state index contributed by atoms with van der Waals surface area (Å²) < 4.78 is 19.6. The van der Waals surface area contributed by atoms with Gasteiger partial charge < -0.3 is 9.84 Å². The average molecular weight is 322 g/mol. The van der Waals surface area contributed by atoms with Crippen LogP contribution in [-0.4, -0.2) is 5.11 Å². The number of halogens is 2. The quantitative estimate of drug-likeness (QED) is 0.936. The molecule has 0 amide bonds. The van der Waals surface area contributed by atoms with E-state index in [1.807, 2.05) is 0 Å². The number of nitrogens with zero attached hydrogens (tertiary/aromatic N) is 1. The highest BCUT2D eigenvalue weighted by Gasteiger charge is 2.11. The molecule has 0 spiro atoms. The van der Waals surface area contributed by atoms with Crippen molar-refractivity contribution in [1.29, 1.82) is 5.26 Å². The van der Waals surface area contributed by atoms with Crippen LogP contribution < -0.4 is 4.74 Å². The van der Waals surface area contributed by atoms with Crippen molar-refractivity contribution in [2.45, 2.75) is 6.61 Å². The van der Waals surface area contributed by atoms with Crippen LogP contribution in [0.15, 0.2) is 40.9 Å². The molecule has 0 aliphatic heterocycles. The van der Waals surface area contributed by atoms with Gasteiger partial charge in [-0.25, -0.2) is 4.39 Å². The van der Waals surface area contributed by atoms with Crippen LogP contribution in [0.4, 0.5) is 4.39 Å². The molecule has 0 saturated carbocycles. The highest BCUT2D eigenvalue weighted by Crippen LogP contribution is 2.32. The number of hydrogen-bond acceptors (Lipinski definition) is 3. The Kier molecular flexibility index (Phi) is 4.15. The number of hydrogen-bond donors (Lipinski definition) is 1. The zero-order valence-electron chi connectivity index (χ0n) is 9.73. The highest BCUT2D eigenvalue weighted by atomic mass is 79.9. The lowest BCUT2D eigenvalue weighted by atomic mass is 10.2. The van der Waals surface area contributed by atoms with E-state index in [9.17, 15) is 4.39 Å². The lowest BCUT2D eigenvalue weighted by Crippen LogP contribution is -1.93. The topological polar surface area (TPSA) is 53.2 Å². The van der Waals surface area contributed by atoms with Crippen molar-refractivity contribution in [1.82, 2.24) is 0 Å². The zero-order valence-corrected chi connectivity index (χ0v) is 11.3. The normalized spacial score (nSPS) is 10.0.